The fraction of sp³-hybridized carbons (Fsp3) is 0.115. The van der Waals surface area contributed by atoms with Crippen molar-refractivity contribution in [3.05, 3.63) is 94.8 Å². The van der Waals surface area contributed by atoms with Gasteiger partial charge in [-0.15, -0.1) is 5.10 Å². The lowest BCUT2D eigenvalue weighted by Gasteiger charge is -2.12. The van der Waals surface area contributed by atoms with E-state index < -0.39 is 0 Å². The number of methoxy groups -OCH3 is 2. The molecule has 1 aromatic heterocycles. The van der Waals surface area contributed by atoms with E-state index in [2.05, 4.69) is 10.2 Å². The van der Waals surface area contributed by atoms with E-state index in [4.69, 9.17) is 13.9 Å². The Morgan fingerprint density at radius 2 is 1.80 bits per heavy atom. The summed E-state index contributed by atoms with van der Waals surface area (Å²) in [7, 11) is 2.89. The summed E-state index contributed by atoms with van der Waals surface area (Å²) < 4.78 is 15.8. The number of carbonyl (C=O) groups is 1. The van der Waals surface area contributed by atoms with Gasteiger partial charge < -0.3 is 19.0 Å². The monoisotopic (exact) mass is 489 g/mol. The lowest BCUT2D eigenvalue weighted by Crippen LogP contribution is -2.28. The van der Waals surface area contributed by atoms with Crippen molar-refractivity contribution in [1.29, 1.82) is 0 Å². The molecule has 2 aromatic carbocycles. The van der Waals surface area contributed by atoms with Crippen molar-refractivity contribution in [2.75, 3.05) is 14.2 Å². The topological polar surface area (TPSA) is 96.9 Å². The Hall–Kier alpha value is -4.24. The highest BCUT2D eigenvalue weighted by Crippen LogP contribution is 2.37. The average Bonchev–Trinajstić information content (AvgIpc) is 3.50. The van der Waals surface area contributed by atoms with Crippen LogP contribution in [0.4, 0.5) is 0 Å². The molecule has 1 amide bonds. The van der Waals surface area contributed by atoms with Gasteiger partial charge >= 0.3 is 0 Å². The van der Waals surface area contributed by atoms with E-state index in [9.17, 15) is 9.90 Å². The van der Waals surface area contributed by atoms with Crippen molar-refractivity contribution in [2.24, 2.45) is 10.2 Å². The Morgan fingerprint density at radius 3 is 2.46 bits per heavy atom. The van der Waals surface area contributed by atoms with E-state index in [0.29, 0.717) is 21.4 Å². The normalized spacial score (nSPS) is 16.3. The van der Waals surface area contributed by atoms with E-state index in [1.807, 2.05) is 42.5 Å². The molecule has 0 saturated carbocycles. The number of thioether (sulfide) groups is 1. The molecule has 8 nitrogen and oxygen atoms in total. The number of phenolic OH excluding ortho intramolecular Hbond substituents is 1. The lowest BCUT2D eigenvalue weighted by molar-refractivity contribution is -0.122. The molecule has 0 radical (unpaired) electrons. The Morgan fingerprint density at radius 1 is 1.06 bits per heavy atom. The SMILES string of the molecule is COc1cc(/C=N/N=C2\S/C(=C\C=C\c3ccccc3)C(=O)N2Cc2ccco2)cc(OC)c1O. The first-order valence-corrected chi connectivity index (χ1v) is 11.4. The molecule has 1 N–H and O–H groups in total. The zero-order chi connectivity index (χ0) is 24.6. The van der Waals surface area contributed by atoms with Crippen LogP contribution < -0.4 is 9.47 Å². The molecule has 9 heteroatoms. The van der Waals surface area contributed by atoms with Crippen molar-refractivity contribution < 1.29 is 23.8 Å². The molecule has 0 aliphatic carbocycles. The lowest BCUT2D eigenvalue weighted by atomic mass is 10.2. The van der Waals surface area contributed by atoms with Crippen molar-refractivity contribution in [3.8, 4) is 17.2 Å². The van der Waals surface area contributed by atoms with E-state index in [1.54, 1.807) is 36.6 Å². The molecule has 0 atom stereocenters. The molecular weight excluding hydrogens is 466 g/mol. The number of allylic oxidation sites excluding steroid dienone is 2. The van der Waals surface area contributed by atoms with Gasteiger partial charge in [-0.2, -0.15) is 5.10 Å². The Labute approximate surface area is 206 Å². The summed E-state index contributed by atoms with van der Waals surface area (Å²) in [6.45, 7) is 0.230. The van der Waals surface area contributed by atoms with E-state index >= 15 is 0 Å². The van der Waals surface area contributed by atoms with Crippen LogP contribution in [0.1, 0.15) is 16.9 Å². The number of ether oxygens (including phenoxy) is 2. The van der Waals surface area contributed by atoms with Gasteiger partial charge in [-0.05, 0) is 47.7 Å². The quantitative estimate of drug-likeness (QED) is 0.270. The maximum atomic E-state index is 13.1. The van der Waals surface area contributed by atoms with Crippen LogP contribution in [0.15, 0.2) is 92.5 Å². The number of amidine groups is 1. The number of aromatic hydroxyl groups is 1. The second-order valence-electron chi connectivity index (χ2n) is 7.27. The zero-order valence-electron chi connectivity index (χ0n) is 19.1. The van der Waals surface area contributed by atoms with Gasteiger partial charge in [0.1, 0.15) is 5.76 Å². The van der Waals surface area contributed by atoms with Gasteiger partial charge in [-0.3, -0.25) is 9.69 Å². The standard InChI is InChI=1S/C26H23N3O5S/c1-32-21-14-19(15-22(33-2)24(21)30)16-27-28-26-29(17-20-11-7-13-34-20)25(31)23(35-26)12-6-10-18-8-4-3-5-9-18/h3-16,30H,17H2,1-2H3/b10-6+,23-12-,27-16+,28-26-. The van der Waals surface area contributed by atoms with Crippen molar-refractivity contribution >= 4 is 35.1 Å². The second-order valence-corrected chi connectivity index (χ2v) is 8.28. The van der Waals surface area contributed by atoms with Crippen LogP contribution >= 0.6 is 11.8 Å². The minimum atomic E-state index is -0.189. The van der Waals surface area contributed by atoms with Gasteiger partial charge in [0.25, 0.3) is 5.91 Å². The molecule has 0 spiro atoms. The number of hydrogen-bond donors (Lipinski definition) is 1. The number of phenols is 1. The maximum absolute atomic E-state index is 13.1. The van der Waals surface area contributed by atoms with Crippen LogP contribution in [-0.4, -0.2) is 41.5 Å². The zero-order valence-corrected chi connectivity index (χ0v) is 19.9. The number of nitrogens with zero attached hydrogens (tertiary/aromatic N) is 3. The molecule has 4 rings (SSSR count). The van der Waals surface area contributed by atoms with Crippen LogP contribution in [-0.2, 0) is 11.3 Å². The first-order valence-electron chi connectivity index (χ1n) is 10.6. The third-order valence-corrected chi connectivity index (χ3v) is 5.99. The molecule has 2 heterocycles. The number of rotatable bonds is 8. The van der Waals surface area contributed by atoms with Crippen LogP contribution in [0.3, 0.4) is 0 Å². The third kappa shape index (κ3) is 5.82. The van der Waals surface area contributed by atoms with Gasteiger partial charge in [-0.1, -0.05) is 42.5 Å². The number of benzene rings is 2. The second kappa shape index (κ2) is 11.3. The van der Waals surface area contributed by atoms with Crippen molar-refractivity contribution in [1.82, 2.24) is 4.90 Å². The molecule has 1 saturated heterocycles. The number of carbonyl (C=O) groups excluding carboxylic acids is 1. The molecule has 0 bridgehead atoms. The highest BCUT2D eigenvalue weighted by Gasteiger charge is 2.33. The first kappa shape index (κ1) is 23.9. The predicted octanol–water partition coefficient (Wildman–Crippen LogP) is 5.07. The van der Waals surface area contributed by atoms with Gasteiger partial charge in [0.2, 0.25) is 5.75 Å². The highest BCUT2D eigenvalue weighted by molar-refractivity contribution is 8.18. The van der Waals surface area contributed by atoms with Crippen LogP contribution in [0.5, 0.6) is 17.2 Å². The number of hydrogen-bond acceptors (Lipinski definition) is 8. The molecule has 35 heavy (non-hydrogen) atoms. The summed E-state index contributed by atoms with van der Waals surface area (Å²) in [5.74, 6) is 0.839. The van der Waals surface area contributed by atoms with Gasteiger partial charge in [0.05, 0.1) is 38.1 Å². The summed E-state index contributed by atoms with van der Waals surface area (Å²) >= 11 is 1.23. The maximum Gasteiger partial charge on any atom is 0.267 e. The largest absolute Gasteiger partial charge is 0.502 e. The van der Waals surface area contributed by atoms with Crippen molar-refractivity contribution in [3.63, 3.8) is 0 Å². The number of furan rings is 1. The van der Waals surface area contributed by atoms with Crippen LogP contribution in [0.2, 0.25) is 0 Å². The minimum Gasteiger partial charge on any atom is -0.502 e. The summed E-state index contributed by atoms with van der Waals surface area (Å²) in [6.07, 6.45) is 8.57. The smallest absolute Gasteiger partial charge is 0.267 e. The summed E-state index contributed by atoms with van der Waals surface area (Å²) in [6, 6.07) is 16.6. The van der Waals surface area contributed by atoms with Gasteiger partial charge in [0.15, 0.2) is 16.7 Å². The van der Waals surface area contributed by atoms with E-state index in [0.717, 1.165) is 5.56 Å². The number of amides is 1. The summed E-state index contributed by atoms with van der Waals surface area (Å²) in [4.78, 5) is 15.1. The summed E-state index contributed by atoms with van der Waals surface area (Å²) in [5, 5.41) is 18.9. The molecule has 178 valence electrons. The average molecular weight is 490 g/mol. The van der Waals surface area contributed by atoms with Gasteiger partial charge in [0, 0.05) is 5.56 Å². The molecule has 1 aliphatic heterocycles. The van der Waals surface area contributed by atoms with Crippen LogP contribution in [0.25, 0.3) is 6.08 Å². The third-order valence-electron chi connectivity index (χ3n) is 4.97. The molecular formula is C26H23N3O5S. The van der Waals surface area contributed by atoms with Crippen LogP contribution in [0, 0.1) is 0 Å². The first-order chi connectivity index (χ1) is 17.1. The fourth-order valence-corrected chi connectivity index (χ4v) is 4.12. The Balaban J connectivity index is 1.59. The predicted molar refractivity (Wildman–Crippen MR) is 137 cm³/mol. The summed E-state index contributed by atoms with van der Waals surface area (Å²) in [5.41, 5.74) is 1.64. The molecule has 0 unspecified atom stereocenters. The Bertz CT molecular complexity index is 1270. The van der Waals surface area contributed by atoms with E-state index in [-0.39, 0.29) is 29.7 Å². The van der Waals surface area contributed by atoms with Gasteiger partial charge in [-0.25, -0.2) is 0 Å². The minimum absolute atomic E-state index is 0.0987. The molecule has 1 fully saturated rings. The fourth-order valence-electron chi connectivity index (χ4n) is 3.24. The molecule has 3 aromatic rings. The highest BCUT2D eigenvalue weighted by atomic mass is 32.2. The molecule has 1 aliphatic rings. The van der Waals surface area contributed by atoms with Crippen molar-refractivity contribution in [2.45, 2.75) is 6.54 Å². The van der Waals surface area contributed by atoms with E-state index in [1.165, 1.54) is 37.1 Å². The Kier molecular flexibility index (Phi) is 7.69.